The Morgan fingerprint density at radius 2 is 1.73 bits per heavy atom. The second-order valence-electron chi connectivity index (χ2n) is 7.41. The smallest absolute Gasteiger partial charge is 0.243 e. The van der Waals surface area contributed by atoms with E-state index in [9.17, 15) is 13.2 Å². The van der Waals surface area contributed by atoms with E-state index in [2.05, 4.69) is 21.2 Å². The van der Waals surface area contributed by atoms with Crippen molar-refractivity contribution < 1.29 is 22.7 Å². The SMILES string of the molecule is O=C(CN(C1CCCCC1)S(=O)(=O)c1ccc(Br)cc1)Nc1ccc2c(c1)OCO2. The molecular formula is C21H23BrN2O5S. The molecule has 0 spiro atoms. The maximum Gasteiger partial charge on any atom is 0.243 e. The van der Waals surface area contributed by atoms with Crippen LogP contribution in [0, 0.1) is 0 Å². The van der Waals surface area contributed by atoms with Gasteiger partial charge in [0.2, 0.25) is 22.7 Å². The number of carbonyl (C=O) groups excluding carboxylic acids is 1. The zero-order valence-corrected chi connectivity index (χ0v) is 18.7. The highest BCUT2D eigenvalue weighted by Crippen LogP contribution is 2.34. The highest BCUT2D eigenvalue weighted by atomic mass is 79.9. The number of hydrogen-bond acceptors (Lipinski definition) is 5. The van der Waals surface area contributed by atoms with Crippen molar-refractivity contribution in [3.05, 3.63) is 46.9 Å². The fraction of sp³-hybridized carbons (Fsp3) is 0.381. The van der Waals surface area contributed by atoms with Gasteiger partial charge in [0.05, 0.1) is 11.4 Å². The van der Waals surface area contributed by atoms with Crippen molar-refractivity contribution in [3.63, 3.8) is 0 Å². The minimum absolute atomic E-state index is 0.146. The van der Waals surface area contributed by atoms with Crippen LogP contribution in [0.3, 0.4) is 0 Å². The summed E-state index contributed by atoms with van der Waals surface area (Å²) in [5.74, 6) is 0.786. The number of nitrogens with zero attached hydrogens (tertiary/aromatic N) is 1. The van der Waals surface area contributed by atoms with Gasteiger partial charge < -0.3 is 14.8 Å². The second-order valence-corrected chi connectivity index (χ2v) is 10.2. The first-order valence-corrected chi connectivity index (χ1v) is 12.1. The van der Waals surface area contributed by atoms with Crippen LogP contribution in [0.2, 0.25) is 0 Å². The minimum atomic E-state index is -3.81. The lowest BCUT2D eigenvalue weighted by molar-refractivity contribution is -0.116. The standard InChI is InChI=1S/C21H23BrN2O5S/c22-15-6-9-18(10-7-15)30(26,27)24(17-4-2-1-3-5-17)13-21(25)23-16-8-11-19-20(12-16)29-14-28-19/h6-12,17H,1-5,13-14H2,(H,23,25). The third kappa shape index (κ3) is 4.63. The number of halogens is 1. The summed E-state index contributed by atoms with van der Waals surface area (Å²) in [6.45, 7) is -0.0921. The van der Waals surface area contributed by atoms with Gasteiger partial charge in [-0.25, -0.2) is 8.42 Å². The van der Waals surface area contributed by atoms with Gasteiger partial charge in [0.1, 0.15) is 0 Å². The Hall–Kier alpha value is -2.10. The fourth-order valence-electron chi connectivity index (χ4n) is 3.84. The van der Waals surface area contributed by atoms with Gasteiger partial charge in [-0.1, -0.05) is 35.2 Å². The molecule has 1 aliphatic heterocycles. The molecule has 0 radical (unpaired) electrons. The number of rotatable bonds is 6. The van der Waals surface area contributed by atoms with Crippen molar-refractivity contribution in [1.29, 1.82) is 0 Å². The van der Waals surface area contributed by atoms with Crippen LogP contribution in [0.1, 0.15) is 32.1 Å². The maximum absolute atomic E-state index is 13.4. The lowest BCUT2D eigenvalue weighted by Crippen LogP contribution is -2.45. The number of benzene rings is 2. The molecule has 1 N–H and O–H groups in total. The van der Waals surface area contributed by atoms with Crippen LogP contribution in [0.4, 0.5) is 5.69 Å². The van der Waals surface area contributed by atoms with Crippen molar-refractivity contribution in [3.8, 4) is 11.5 Å². The van der Waals surface area contributed by atoms with E-state index in [0.717, 1.165) is 36.6 Å². The van der Waals surface area contributed by atoms with E-state index in [0.29, 0.717) is 17.2 Å². The van der Waals surface area contributed by atoms with E-state index in [1.165, 1.54) is 4.31 Å². The Labute approximate surface area is 184 Å². The molecule has 30 heavy (non-hydrogen) atoms. The summed E-state index contributed by atoms with van der Waals surface area (Å²) < 4.78 is 39.5. The number of anilines is 1. The van der Waals surface area contributed by atoms with Crippen LogP contribution < -0.4 is 14.8 Å². The van der Waals surface area contributed by atoms with E-state index in [1.54, 1.807) is 42.5 Å². The van der Waals surface area contributed by atoms with Crippen LogP contribution in [0.15, 0.2) is 51.8 Å². The Kier molecular flexibility index (Phi) is 6.31. The number of hydrogen-bond donors (Lipinski definition) is 1. The van der Waals surface area contributed by atoms with Crippen LogP contribution >= 0.6 is 15.9 Å². The molecule has 0 atom stereocenters. The van der Waals surface area contributed by atoms with Gasteiger partial charge >= 0.3 is 0 Å². The summed E-state index contributed by atoms with van der Waals surface area (Å²) in [7, 11) is -3.81. The lowest BCUT2D eigenvalue weighted by Gasteiger charge is -2.33. The third-order valence-electron chi connectivity index (χ3n) is 5.36. The van der Waals surface area contributed by atoms with Crippen molar-refractivity contribution in [2.24, 2.45) is 0 Å². The summed E-state index contributed by atoms with van der Waals surface area (Å²) >= 11 is 3.33. The zero-order valence-electron chi connectivity index (χ0n) is 16.3. The van der Waals surface area contributed by atoms with Crippen molar-refractivity contribution in [2.45, 2.75) is 43.0 Å². The monoisotopic (exact) mass is 494 g/mol. The molecule has 160 valence electrons. The molecule has 1 amide bonds. The van der Waals surface area contributed by atoms with Crippen LogP contribution in [0.5, 0.6) is 11.5 Å². The maximum atomic E-state index is 13.4. The van der Waals surface area contributed by atoms with Gasteiger partial charge in [0.25, 0.3) is 0 Å². The topological polar surface area (TPSA) is 84.9 Å². The molecule has 2 aliphatic rings. The first-order valence-electron chi connectivity index (χ1n) is 9.90. The Balaban J connectivity index is 1.55. The predicted molar refractivity (Wildman–Crippen MR) is 116 cm³/mol. The first kappa shape index (κ1) is 21.1. The molecule has 2 aromatic rings. The Morgan fingerprint density at radius 3 is 2.47 bits per heavy atom. The molecule has 1 fully saturated rings. The van der Waals surface area contributed by atoms with Gasteiger partial charge in [-0.05, 0) is 49.2 Å². The largest absolute Gasteiger partial charge is 0.454 e. The molecule has 0 unspecified atom stereocenters. The van der Waals surface area contributed by atoms with Crippen LogP contribution in [-0.2, 0) is 14.8 Å². The molecule has 7 nitrogen and oxygen atoms in total. The first-order chi connectivity index (χ1) is 14.4. The molecule has 0 saturated heterocycles. The summed E-state index contributed by atoms with van der Waals surface area (Å²) in [5.41, 5.74) is 0.536. The second kappa shape index (κ2) is 8.95. The molecule has 0 aromatic heterocycles. The van der Waals surface area contributed by atoms with E-state index in [4.69, 9.17) is 9.47 Å². The number of ether oxygens (including phenoxy) is 2. The van der Waals surface area contributed by atoms with Crippen LogP contribution in [-0.4, -0.2) is 38.0 Å². The van der Waals surface area contributed by atoms with E-state index in [-0.39, 0.29) is 30.2 Å². The highest BCUT2D eigenvalue weighted by Gasteiger charge is 2.34. The zero-order chi connectivity index (χ0) is 21.1. The molecule has 1 aliphatic carbocycles. The van der Waals surface area contributed by atoms with Crippen molar-refractivity contribution in [2.75, 3.05) is 18.7 Å². The summed E-state index contributed by atoms with van der Waals surface area (Å²) in [5, 5.41) is 2.79. The summed E-state index contributed by atoms with van der Waals surface area (Å²) in [6.07, 6.45) is 4.52. The van der Waals surface area contributed by atoms with Crippen molar-refractivity contribution >= 4 is 37.5 Å². The summed E-state index contributed by atoms with van der Waals surface area (Å²) in [4.78, 5) is 13.0. The number of amides is 1. The number of sulfonamides is 1. The predicted octanol–water partition coefficient (Wildman–Crippen LogP) is 4.14. The molecule has 9 heteroatoms. The number of carbonyl (C=O) groups is 1. The Bertz CT molecular complexity index is 1020. The summed E-state index contributed by atoms with van der Waals surface area (Å²) in [6, 6.07) is 11.4. The van der Waals surface area contributed by atoms with Gasteiger partial charge in [-0.15, -0.1) is 0 Å². The molecule has 4 rings (SSSR count). The average molecular weight is 495 g/mol. The van der Waals surface area contributed by atoms with Gasteiger partial charge in [0, 0.05) is 22.3 Å². The average Bonchev–Trinajstić information content (AvgIpc) is 3.21. The normalized spacial score (nSPS) is 16.6. The number of fused-ring (bicyclic) bond motifs is 1. The minimum Gasteiger partial charge on any atom is -0.454 e. The van der Waals surface area contributed by atoms with Gasteiger partial charge in [-0.2, -0.15) is 4.31 Å². The quantitative estimate of drug-likeness (QED) is 0.651. The van der Waals surface area contributed by atoms with Crippen LogP contribution in [0.25, 0.3) is 0 Å². The van der Waals surface area contributed by atoms with E-state index >= 15 is 0 Å². The van der Waals surface area contributed by atoms with E-state index < -0.39 is 10.0 Å². The van der Waals surface area contributed by atoms with Crippen molar-refractivity contribution in [1.82, 2.24) is 4.31 Å². The van der Waals surface area contributed by atoms with Gasteiger partial charge in [0.15, 0.2) is 11.5 Å². The molecule has 0 bridgehead atoms. The molecule has 2 aromatic carbocycles. The molecule has 1 heterocycles. The Morgan fingerprint density at radius 1 is 1.03 bits per heavy atom. The highest BCUT2D eigenvalue weighted by molar-refractivity contribution is 9.10. The molecular weight excluding hydrogens is 472 g/mol. The lowest BCUT2D eigenvalue weighted by atomic mass is 9.95. The van der Waals surface area contributed by atoms with E-state index in [1.807, 2.05) is 0 Å². The fourth-order valence-corrected chi connectivity index (χ4v) is 5.74. The third-order valence-corrected chi connectivity index (χ3v) is 7.80. The number of nitrogens with one attached hydrogen (secondary N) is 1. The molecule has 1 saturated carbocycles. The van der Waals surface area contributed by atoms with Gasteiger partial charge in [-0.3, -0.25) is 4.79 Å².